The van der Waals surface area contributed by atoms with Crippen molar-refractivity contribution in [1.82, 2.24) is 0 Å². The lowest BCUT2D eigenvalue weighted by atomic mass is 10.2. The van der Waals surface area contributed by atoms with Gasteiger partial charge in [0, 0.05) is 6.07 Å². The molecule has 0 fully saturated rings. The van der Waals surface area contributed by atoms with Gasteiger partial charge in [-0.3, -0.25) is 14.9 Å². The number of nitro groups is 1. The van der Waals surface area contributed by atoms with Crippen LogP contribution < -0.4 is 5.32 Å². The Kier molecular flexibility index (Phi) is 3.44. The lowest BCUT2D eigenvalue weighted by Gasteiger charge is -2.04. The van der Waals surface area contributed by atoms with E-state index in [0.29, 0.717) is 12.1 Å². The molecule has 0 radical (unpaired) electrons. The number of nitrogens with zero attached hydrogens (tertiary/aromatic N) is 1. The van der Waals surface area contributed by atoms with Gasteiger partial charge in [0.05, 0.1) is 16.7 Å². The summed E-state index contributed by atoms with van der Waals surface area (Å²) >= 11 is 0. The molecule has 0 aromatic heterocycles. The van der Waals surface area contributed by atoms with Crippen molar-refractivity contribution in [3.63, 3.8) is 0 Å². The van der Waals surface area contributed by atoms with Crippen LogP contribution in [0.25, 0.3) is 0 Å². The number of rotatable bonds is 3. The lowest BCUT2D eigenvalue weighted by Crippen LogP contribution is -2.20. The molecule has 0 aliphatic heterocycles. The average Bonchev–Trinajstić information content (AvgIpc) is 2.16. The molecule has 86 valence electrons. The number of hydrogen-bond donors (Lipinski definition) is 1. The van der Waals surface area contributed by atoms with E-state index in [1.54, 1.807) is 5.32 Å². The highest BCUT2D eigenvalue weighted by Gasteiger charge is 2.17. The van der Waals surface area contributed by atoms with E-state index in [4.69, 9.17) is 0 Å². The average molecular weight is 234 g/mol. The minimum atomic E-state index is -3.28. The van der Waals surface area contributed by atoms with E-state index >= 15 is 0 Å². The lowest BCUT2D eigenvalue weighted by molar-refractivity contribution is -0.385. The van der Waals surface area contributed by atoms with Crippen molar-refractivity contribution >= 4 is 17.3 Å². The predicted molar refractivity (Wildman–Crippen MR) is 47.7 cm³/mol. The van der Waals surface area contributed by atoms with E-state index < -0.39 is 34.4 Å². The Morgan fingerprint density at radius 3 is 2.50 bits per heavy atom. The van der Waals surface area contributed by atoms with Gasteiger partial charge in [0.25, 0.3) is 11.6 Å². The van der Waals surface area contributed by atoms with Crippen molar-refractivity contribution in [2.45, 2.75) is 6.43 Å². The molecule has 1 aromatic rings. The molecule has 1 rings (SSSR count). The third-order valence-corrected chi connectivity index (χ3v) is 1.56. The molecule has 0 saturated carbocycles. The zero-order valence-electron chi connectivity index (χ0n) is 7.62. The molecule has 0 unspecified atom stereocenters. The number of nitro benzene ring substituents is 1. The Morgan fingerprint density at radius 1 is 1.38 bits per heavy atom. The maximum absolute atomic E-state index is 12.8. The summed E-state index contributed by atoms with van der Waals surface area (Å²) in [6.07, 6.45) is -3.28. The molecular weight excluding hydrogens is 229 g/mol. The van der Waals surface area contributed by atoms with Crippen LogP contribution in [0.3, 0.4) is 0 Å². The van der Waals surface area contributed by atoms with E-state index in [0.717, 1.165) is 6.07 Å². The third-order valence-electron chi connectivity index (χ3n) is 1.56. The van der Waals surface area contributed by atoms with Gasteiger partial charge in [-0.05, 0) is 6.07 Å². The molecule has 0 aliphatic carbocycles. The number of carbonyl (C=O) groups is 1. The minimum Gasteiger partial charge on any atom is -0.321 e. The summed E-state index contributed by atoms with van der Waals surface area (Å²) in [6, 6.07) is 2.09. The van der Waals surface area contributed by atoms with Crippen molar-refractivity contribution in [1.29, 1.82) is 0 Å². The first-order chi connectivity index (χ1) is 7.40. The fraction of sp³-hybridized carbons (Fsp3) is 0.125. The van der Waals surface area contributed by atoms with Crippen LogP contribution in [0.1, 0.15) is 0 Å². The maximum atomic E-state index is 12.8. The molecule has 16 heavy (non-hydrogen) atoms. The zero-order valence-corrected chi connectivity index (χ0v) is 7.62. The summed E-state index contributed by atoms with van der Waals surface area (Å²) in [6.45, 7) is 0. The number of carbonyl (C=O) groups excluding carboxylic acids is 1. The van der Waals surface area contributed by atoms with Gasteiger partial charge in [-0.2, -0.15) is 8.78 Å². The smallest absolute Gasteiger partial charge is 0.315 e. The van der Waals surface area contributed by atoms with E-state index in [1.165, 1.54) is 0 Å². The second-order valence-electron chi connectivity index (χ2n) is 2.75. The van der Waals surface area contributed by atoms with Crippen molar-refractivity contribution in [2.24, 2.45) is 0 Å². The van der Waals surface area contributed by atoms with Crippen molar-refractivity contribution in [3.05, 3.63) is 34.1 Å². The van der Waals surface area contributed by atoms with Gasteiger partial charge in [-0.1, -0.05) is 0 Å². The van der Waals surface area contributed by atoms with Crippen molar-refractivity contribution < 1.29 is 22.9 Å². The number of amides is 1. The third kappa shape index (κ3) is 2.94. The molecule has 1 amide bonds. The number of non-ortho nitro benzene ring substituents is 1. The number of anilines is 1. The number of benzene rings is 1. The highest BCUT2D eigenvalue weighted by molar-refractivity contribution is 5.93. The van der Waals surface area contributed by atoms with Gasteiger partial charge >= 0.3 is 6.43 Å². The van der Waals surface area contributed by atoms with Crippen LogP contribution in [0.4, 0.5) is 24.5 Å². The van der Waals surface area contributed by atoms with Crippen LogP contribution in [0, 0.1) is 15.9 Å². The van der Waals surface area contributed by atoms with Crippen LogP contribution in [0.5, 0.6) is 0 Å². The molecule has 0 bridgehead atoms. The second-order valence-corrected chi connectivity index (χ2v) is 2.75. The van der Waals surface area contributed by atoms with Gasteiger partial charge in [0.15, 0.2) is 0 Å². The Hall–Kier alpha value is -2.12. The van der Waals surface area contributed by atoms with Gasteiger partial charge in [-0.15, -0.1) is 0 Å². The van der Waals surface area contributed by atoms with Crippen LogP contribution in [0.2, 0.25) is 0 Å². The van der Waals surface area contributed by atoms with Crippen LogP contribution in [-0.2, 0) is 4.79 Å². The Morgan fingerprint density at radius 2 is 2.00 bits per heavy atom. The summed E-state index contributed by atoms with van der Waals surface area (Å²) in [4.78, 5) is 20.0. The fourth-order valence-electron chi connectivity index (χ4n) is 0.949. The first kappa shape index (κ1) is 12.0. The summed E-state index contributed by atoms with van der Waals surface area (Å²) in [5.74, 6) is -2.65. The van der Waals surface area contributed by atoms with E-state index in [2.05, 4.69) is 0 Å². The summed E-state index contributed by atoms with van der Waals surface area (Å²) in [5, 5.41) is 11.9. The van der Waals surface area contributed by atoms with Crippen molar-refractivity contribution in [3.8, 4) is 0 Å². The number of nitrogens with one attached hydrogen (secondary N) is 1. The van der Waals surface area contributed by atoms with Crippen LogP contribution in [0.15, 0.2) is 18.2 Å². The Labute approximate surface area is 87.0 Å². The first-order valence-corrected chi connectivity index (χ1v) is 3.94. The van der Waals surface area contributed by atoms with Gasteiger partial charge in [0.2, 0.25) is 0 Å². The van der Waals surface area contributed by atoms with Crippen LogP contribution in [-0.4, -0.2) is 17.3 Å². The zero-order chi connectivity index (χ0) is 12.3. The first-order valence-electron chi connectivity index (χ1n) is 3.94. The maximum Gasteiger partial charge on any atom is 0.315 e. The quantitative estimate of drug-likeness (QED) is 0.641. The molecule has 0 saturated heterocycles. The highest BCUT2D eigenvalue weighted by atomic mass is 19.3. The molecule has 8 heteroatoms. The molecule has 0 heterocycles. The summed E-state index contributed by atoms with van der Waals surface area (Å²) in [5.41, 5.74) is -1.03. The number of alkyl halides is 2. The van der Waals surface area contributed by atoms with E-state index in [9.17, 15) is 28.1 Å². The second kappa shape index (κ2) is 4.60. The highest BCUT2D eigenvalue weighted by Crippen LogP contribution is 2.20. The Bertz CT molecular complexity index is 437. The minimum absolute atomic E-state index is 0.392. The van der Waals surface area contributed by atoms with E-state index in [1.807, 2.05) is 0 Å². The van der Waals surface area contributed by atoms with E-state index in [-0.39, 0.29) is 0 Å². The molecule has 5 nitrogen and oxygen atoms in total. The summed E-state index contributed by atoms with van der Waals surface area (Å²) in [7, 11) is 0. The standard InChI is InChI=1S/C8H5F3N2O3/c9-4-1-5(12-8(14)7(10)11)3-6(2-4)13(15)16/h1-3,7H,(H,12,14). The van der Waals surface area contributed by atoms with Gasteiger partial charge in [0.1, 0.15) is 5.82 Å². The SMILES string of the molecule is O=C(Nc1cc(F)cc([N+](=O)[O-])c1)C(F)F. The van der Waals surface area contributed by atoms with Crippen molar-refractivity contribution in [2.75, 3.05) is 5.32 Å². The van der Waals surface area contributed by atoms with Crippen LogP contribution >= 0.6 is 0 Å². The summed E-state index contributed by atoms with van der Waals surface area (Å²) < 4.78 is 36.5. The molecular formula is C8H5F3N2O3. The normalized spacial score (nSPS) is 10.2. The number of hydrogen-bond acceptors (Lipinski definition) is 3. The molecule has 0 spiro atoms. The molecule has 0 aliphatic rings. The van der Waals surface area contributed by atoms with Gasteiger partial charge < -0.3 is 5.32 Å². The molecule has 0 atom stereocenters. The fourth-order valence-corrected chi connectivity index (χ4v) is 0.949. The predicted octanol–water partition coefficient (Wildman–Crippen LogP) is 1.94. The topological polar surface area (TPSA) is 72.2 Å². The Balaban J connectivity index is 2.97. The molecule has 1 N–H and O–H groups in total. The largest absolute Gasteiger partial charge is 0.321 e. The van der Waals surface area contributed by atoms with Gasteiger partial charge in [-0.25, -0.2) is 4.39 Å². The monoisotopic (exact) mass is 234 g/mol. The number of halogens is 3. The molecule has 1 aromatic carbocycles.